The van der Waals surface area contributed by atoms with E-state index in [0.717, 1.165) is 49.9 Å². The molecule has 0 unspecified atom stereocenters. The van der Waals surface area contributed by atoms with Gasteiger partial charge in [-0.1, -0.05) is 0 Å². The van der Waals surface area contributed by atoms with Gasteiger partial charge in [-0.2, -0.15) is 0 Å². The molecule has 1 saturated heterocycles. The highest BCUT2D eigenvalue weighted by Gasteiger charge is 2.15. The van der Waals surface area contributed by atoms with Crippen molar-refractivity contribution < 1.29 is 4.74 Å². The van der Waals surface area contributed by atoms with Gasteiger partial charge in [-0.05, 0) is 25.7 Å². The lowest BCUT2D eigenvalue weighted by Crippen LogP contribution is -2.23. The first-order chi connectivity index (χ1) is 8.84. The van der Waals surface area contributed by atoms with Crippen molar-refractivity contribution >= 4 is 11.5 Å². The third-order valence-electron chi connectivity index (χ3n) is 3.40. The van der Waals surface area contributed by atoms with E-state index in [9.17, 15) is 0 Å². The van der Waals surface area contributed by atoms with E-state index in [1.165, 1.54) is 0 Å². The number of ether oxygens (including phenoxy) is 1. The van der Waals surface area contributed by atoms with Crippen molar-refractivity contribution in [2.75, 3.05) is 25.1 Å². The summed E-state index contributed by atoms with van der Waals surface area (Å²) < 4.78 is 7.30. The van der Waals surface area contributed by atoms with Crippen LogP contribution in [0.15, 0.2) is 12.4 Å². The maximum atomic E-state index is 5.36. The Morgan fingerprint density at radius 1 is 1.39 bits per heavy atom. The van der Waals surface area contributed by atoms with Gasteiger partial charge >= 0.3 is 0 Å². The fourth-order valence-electron chi connectivity index (χ4n) is 2.26. The van der Waals surface area contributed by atoms with Crippen LogP contribution in [0.1, 0.15) is 18.7 Å². The van der Waals surface area contributed by atoms with Crippen LogP contribution in [0, 0.1) is 12.8 Å². The Bertz CT molecular complexity index is 532. The maximum Gasteiger partial charge on any atom is 0.203 e. The average molecular weight is 247 g/mol. The molecule has 3 rings (SSSR count). The summed E-state index contributed by atoms with van der Waals surface area (Å²) in [5.74, 6) is 2.34. The lowest BCUT2D eigenvalue weighted by molar-refractivity contribution is 0.0699. The van der Waals surface area contributed by atoms with Crippen LogP contribution < -0.4 is 5.32 Å². The van der Waals surface area contributed by atoms with E-state index < -0.39 is 0 Å². The molecule has 0 aliphatic carbocycles. The molecule has 96 valence electrons. The molecule has 6 nitrogen and oxygen atoms in total. The molecule has 18 heavy (non-hydrogen) atoms. The van der Waals surface area contributed by atoms with E-state index in [0.29, 0.717) is 5.92 Å². The molecule has 0 spiro atoms. The second kappa shape index (κ2) is 4.89. The van der Waals surface area contributed by atoms with Crippen LogP contribution in [-0.4, -0.2) is 39.3 Å². The molecular weight excluding hydrogens is 230 g/mol. The normalized spacial score (nSPS) is 17.2. The van der Waals surface area contributed by atoms with Gasteiger partial charge in [-0.3, -0.25) is 4.40 Å². The molecule has 3 heterocycles. The summed E-state index contributed by atoms with van der Waals surface area (Å²) in [6, 6.07) is 0. The van der Waals surface area contributed by atoms with Gasteiger partial charge in [0, 0.05) is 32.2 Å². The first-order valence-corrected chi connectivity index (χ1v) is 6.32. The van der Waals surface area contributed by atoms with Crippen molar-refractivity contribution in [3.63, 3.8) is 0 Å². The van der Waals surface area contributed by atoms with E-state index in [2.05, 4.69) is 20.5 Å². The molecule has 0 radical (unpaired) electrons. The Balaban J connectivity index is 1.74. The third kappa shape index (κ3) is 2.15. The van der Waals surface area contributed by atoms with Crippen LogP contribution in [0.4, 0.5) is 5.82 Å². The van der Waals surface area contributed by atoms with E-state index >= 15 is 0 Å². The molecule has 0 amide bonds. The van der Waals surface area contributed by atoms with E-state index in [4.69, 9.17) is 4.74 Å². The van der Waals surface area contributed by atoms with Crippen LogP contribution >= 0.6 is 0 Å². The molecule has 1 aliphatic rings. The van der Waals surface area contributed by atoms with Gasteiger partial charge in [0.15, 0.2) is 5.82 Å². The van der Waals surface area contributed by atoms with E-state index in [-0.39, 0.29) is 0 Å². The summed E-state index contributed by atoms with van der Waals surface area (Å²) >= 11 is 0. The van der Waals surface area contributed by atoms with Gasteiger partial charge in [0.25, 0.3) is 0 Å². The minimum absolute atomic E-state index is 0.657. The third-order valence-corrected chi connectivity index (χ3v) is 3.40. The largest absolute Gasteiger partial charge is 0.381 e. The standard InChI is InChI=1S/C12H17N5O/c1-9-15-16-12-11(13-4-5-17(9)12)14-8-10-2-6-18-7-3-10/h4-5,10H,2-3,6-8H2,1H3,(H,13,14). The Kier molecular flexibility index (Phi) is 3.10. The number of aromatic nitrogens is 4. The summed E-state index contributed by atoms with van der Waals surface area (Å²) in [4.78, 5) is 4.34. The van der Waals surface area contributed by atoms with Crippen molar-refractivity contribution in [1.29, 1.82) is 0 Å². The van der Waals surface area contributed by atoms with E-state index in [1.54, 1.807) is 6.20 Å². The number of fused-ring (bicyclic) bond motifs is 1. The van der Waals surface area contributed by atoms with Crippen molar-refractivity contribution in [3.05, 3.63) is 18.2 Å². The number of nitrogens with one attached hydrogen (secondary N) is 1. The molecular formula is C12H17N5O. The van der Waals surface area contributed by atoms with Crippen molar-refractivity contribution in [1.82, 2.24) is 19.6 Å². The monoisotopic (exact) mass is 247 g/mol. The first-order valence-electron chi connectivity index (χ1n) is 6.32. The quantitative estimate of drug-likeness (QED) is 0.885. The van der Waals surface area contributed by atoms with Gasteiger partial charge in [-0.25, -0.2) is 4.98 Å². The van der Waals surface area contributed by atoms with Crippen LogP contribution in [0.25, 0.3) is 5.65 Å². The van der Waals surface area contributed by atoms with Crippen molar-refractivity contribution in [3.8, 4) is 0 Å². The number of aryl methyl sites for hydroxylation is 1. The highest BCUT2D eigenvalue weighted by molar-refractivity contribution is 5.61. The number of rotatable bonds is 3. The molecule has 2 aromatic heterocycles. The van der Waals surface area contributed by atoms with Gasteiger partial charge in [-0.15, -0.1) is 10.2 Å². The highest BCUT2D eigenvalue weighted by atomic mass is 16.5. The Morgan fingerprint density at radius 3 is 3.06 bits per heavy atom. The Hall–Kier alpha value is -1.69. The van der Waals surface area contributed by atoms with Gasteiger partial charge in [0.2, 0.25) is 5.65 Å². The number of nitrogens with zero attached hydrogens (tertiary/aromatic N) is 4. The van der Waals surface area contributed by atoms with Crippen LogP contribution in [0.5, 0.6) is 0 Å². The topological polar surface area (TPSA) is 64.3 Å². The van der Waals surface area contributed by atoms with Gasteiger partial charge in [0.05, 0.1) is 0 Å². The maximum absolute atomic E-state index is 5.36. The SMILES string of the molecule is Cc1nnc2c(NCC3CCOCC3)nccn12. The molecule has 0 bridgehead atoms. The second-order valence-electron chi connectivity index (χ2n) is 4.65. The fourth-order valence-corrected chi connectivity index (χ4v) is 2.26. The zero-order valence-electron chi connectivity index (χ0n) is 10.5. The summed E-state index contributed by atoms with van der Waals surface area (Å²) in [5, 5.41) is 11.6. The summed E-state index contributed by atoms with van der Waals surface area (Å²) in [6.07, 6.45) is 5.88. The minimum atomic E-state index is 0.657. The highest BCUT2D eigenvalue weighted by Crippen LogP contribution is 2.17. The van der Waals surface area contributed by atoms with Crippen molar-refractivity contribution in [2.45, 2.75) is 19.8 Å². The van der Waals surface area contributed by atoms with Crippen LogP contribution in [0.3, 0.4) is 0 Å². The Morgan fingerprint density at radius 2 is 2.22 bits per heavy atom. The molecule has 1 fully saturated rings. The lowest BCUT2D eigenvalue weighted by atomic mass is 10.0. The first kappa shape index (κ1) is 11.4. The lowest BCUT2D eigenvalue weighted by Gasteiger charge is -2.22. The molecule has 0 aromatic carbocycles. The summed E-state index contributed by atoms with van der Waals surface area (Å²) in [7, 11) is 0. The fraction of sp³-hybridized carbons (Fsp3) is 0.583. The zero-order chi connectivity index (χ0) is 12.4. The summed E-state index contributed by atoms with van der Waals surface area (Å²) in [5.41, 5.74) is 0.794. The van der Waals surface area contributed by atoms with Crippen LogP contribution in [0.2, 0.25) is 0 Å². The van der Waals surface area contributed by atoms with Gasteiger partial charge in [0.1, 0.15) is 5.82 Å². The number of hydrogen-bond donors (Lipinski definition) is 1. The Labute approximate surface area is 105 Å². The predicted molar refractivity (Wildman–Crippen MR) is 67.6 cm³/mol. The van der Waals surface area contributed by atoms with E-state index in [1.807, 2.05) is 17.5 Å². The molecule has 6 heteroatoms. The zero-order valence-corrected chi connectivity index (χ0v) is 10.5. The average Bonchev–Trinajstić information content (AvgIpc) is 2.80. The number of hydrogen-bond acceptors (Lipinski definition) is 5. The van der Waals surface area contributed by atoms with Crippen molar-refractivity contribution in [2.24, 2.45) is 5.92 Å². The number of anilines is 1. The van der Waals surface area contributed by atoms with Gasteiger partial charge < -0.3 is 10.1 Å². The molecule has 1 N–H and O–H groups in total. The second-order valence-corrected chi connectivity index (χ2v) is 4.65. The molecule has 0 saturated carbocycles. The smallest absolute Gasteiger partial charge is 0.203 e. The molecule has 1 aliphatic heterocycles. The summed E-state index contributed by atoms with van der Waals surface area (Å²) in [6.45, 7) is 4.59. The predicted octanol–water partition coefficient (Wildman–Crippen LogP) is 1.27. The molecule has 2 aromatic rings. The minimum Gasteiger partial charge on any atom is -0.381 e. The van der Waals surface area contributed by atoms with Crippen LogP contribution in [-0.2, 0) is 4.74 Å². The molecule has 0 atom stereocenters.